The number of imide groups is 1. The number of rotatable bonds is 3. The van der Waals surface area contributed by atoms with Gasteiger partial charge in [0.1, 0.15) is 12.1 Å². The minimum atomic E-state index is -0.724. The number of benzene rings is 1. The summed E-state index contributed by atoms with van der Waals surface area (Å²) < 4.78 is 5.45. The third kappa shape index (κ3) is 2.86. The zero-order chi connectivity index (χ0) is 18.3. The topological polar surface area (TPSA) is 79.0 Å². The molecule has 0 radical (unpaired) electrons. The van der Waals surface area contributed by atoms with E-state index in [9.17, 15) is 14.4 Å². The van der Waals surface area contributed by atoms with Crippen molar-refractivity contribution in [2.45, 2.75) is 38.3 Å². The number of nitrogens with one attached hydrogen (secondary N) is 1. The molecular weight excluding hydrogens is 334 g/mol. The molecule has 1 aromatic rings. The van der Waals surface area contributed by atoms with Crippen LogP contribution >= 0.6 is 0 Å². The third-order valence-corrected chi connectivity index (χ3v) is 5.50. The van der Waals surface area contributed by atoms with Gasteiger partial charge in [-0.3, -0.25) is 9.59 Å². The van der Waals surface area contributed by atoms with Gasteiger partial charge in [0.25, 0.3) is 5.91 Å². The van der Waals surface area contributed by atoms with Gasteiger partial charge < -0.3 is 15.0 Å². The van der Waals surface area contributed by atoms with E-state index in [1.54, 1.807) is 4.90 Å². The molecule has 3 saturated heterocycles. The Morgan fingerprint density at radius 1 is 1.08 bits per heavy atom. The fourth-order valence-corrected chi connectivity index (χ4v) is 4.04. The Morgan fingerprint density at radius 3 is 2.54 bits per heavy atom. The summed E-state index contributed by atoms with van der Waals surface area (Å²) in [5.74, 6) is -0.512. The lowest BCUT2D eigenvalue weighted by molar-refractivity contribution is -0.135. The number of ether oxygens (including phenoxy) is 1. The Bertz CT molecular complexity index is 727. The molecule has 1 aromatic carbocycles. The van der Waals surface area contributed by atoms with E-state index < -0.39 is 18.1 Å². The predicted octanol–water partition coefficient (Wildman–Crippen LogP) is 1.45. The van der Waals surface area contributed by atoms with Crippen LogP contribution in [0.15, 0.2) is 24.3 Å². The van der Waals surface area contributed by atoms with Gasteiger partial charge in [0, 0.05) is 24.8 Å². The molecule has 3 aliphatic heterocycles. The second-order valence-electron chi connectivity index (χ2n) is 7.24. The van der Waals surface area contributed by atoms with Crippen LogP contribution in [0, 0.1) is 12.8 Å². The molecule has 1 N–H and O–H groups in total. The van der Waals surface area contributed by atoms with Crippen molar-refractivity contribution in [2.75, 3.05) is 24.7 Å². The van der Waals surface area contributed by atoms with E-state index >= 15 is 0 Å². The number of urea groups is 1. The maximum absolute atomic E-state index is 12.9. The van der Waals surface area contributed by atoms with E-state index in [4.69, 9.17) is 4.74 Å². The Morgan fingerprint density at radius 2 is 1.85 bits per heavy atom. The average Bonchev–Trinajstić information content (AvgIpc) is 3.16. The summed E-state index contributed by atoms with van der Waals surface area (Å²) in [6.45, 7) is 3.65. The Hall–Kier alpha value is -2.41. The Kier molecular flexibility index (Phi) is 4.40. The van der Waals surface area contributed by atoms with Gasteiger partial charge in [0.2, 0.25) is 5.91 Å². The zero-order valence-corrected chi connectivity index (χ0v) is 14.8. The minimum absolute atomic E-state index is 0.0186. The van der Waals surface area contributed by atoms with E-state index in [-0.39, 0.29) is 17.7 Å². The number of hydrogen-bond donors (Lipinski definition) is 1. The Labute approximate surface area is 152 Å². The van der Waals surface area contributed by atoms with Gasteiger partial charge in [-0.15, -0.1) is 0 Å². The van der Waals surface area contributed by atoms with Crippen molar-refractivity contribution in [1.82, 2.24) is 10.2 Å². The summed E-state index contributed by atoms with van der Waals surface area (Å²) in [4.78, 5) is 41.0. The van der Waals surface area contributed by atoms with Crippen LogP contribution in [0.1, 0.15) is 24.8 Å². The predicted molar refractivity (Wildman–Crippen MR) is 94.6 cm³/mol. The molecule has 7 heteroatoms. The van der Waals surface area contributed by atoms with Crippen molar-refractivity contribution >= 4 is 23.5 Å². The van der Waals surface area contributed by atoms with Crippen molar-refractivity contribution in [3.05, 3.63) is 29.8 Å². The number of aryl methyl sites for hydroxylation is 1. The summed E-state index contributed by atoms with van der Waals surface area (Å²) in [5, 5.41) is 2.77. The van der Waals surface area contributed by atoms with Crippen LogP contribution in [0.4, 0.5) is 10.5 Å². The van der Waals surface area contributed by atoms with Crippen molar-refractivity contribution in [3.8, 4) is 0 Å². The smallest absolute Gasteiger partial charge is 0.325 e. The maximum atomic E-state index is 12.9. The lowest BCUT2D eigenvalue weighted by Gasteiger charge is -2.26. The fraction of sp³-hybridized carbons (Fsp3) is 0.526. The highest BCUT2D eigenvalue weighted by Crippen LogP contribution is 2.29. The van der Waals surface area contributed by atoms with Crippen LogP contribution in [-0.4, -0.2) is 54.6 Å². The van der Waals surface area contributed by atoms with Crippen molar-refractivity contribution in [3.63, 3.8) is 0 Å². The fourth-order valence-electron chi connectivity index (χ4n) is 4.04. The lowest BCUT2D eigenvalue weighted by Crippen LogP contribution is -2.46. The highest BCUT2D eigenvalue weighted by Gasteiger charge is 2.50. The van der Waals surface area contributed by atoms with Gasteiger partial charge in [-0.1, -0.05) is 17.7 Å². The van der Waals surface area contributed by atoms with Gasteiger partial charge in [-0.2, -0.15) is 0 Å². The van der Waals surface area contributed by atoms with Gasteiger partial charge >= 0.3 is 6.03 Å². The molecule has 0 bridgehead atoms. The molecule has 0 aromatic heterocycles. The largest absolute Gasteiger partial charge is 0.381 e. The third-order valence-electron chi connectivity index (χ3n) is 5.50. The number of carbonyl (C=O) groups is 3. The SMILES string of the molecule is Cc1ccc(N2CC[C@H](N3C(=O)N[C@@H]([C@H]4CCCOC4)C3=O)C2=O)cc1. The second kappa shape index (κ2) is 6.72. The summed E-state index contributed by atoms with van der Waals surface area (Å²) >= 11 is 0. The van der Waals surface area contributed by atoms with Crippen LogP contribution < -0.4 is 10.2 Å². The molecule has 0 spiro atoms. The quantitative estimate of drug-likeness (QED) is 0.831. The highest BCUT2D eigenvalue weighted by atomic mass is 16.5. The zero-order valence-electron chi connectivity index (χ0n) is 14.8. The molecule has 3 fully saturated rings. The van der Waals surface area contributed by atoms with Gasteiger partial charge in [-0.25, -0.2) is 9.69 Å². The molecule has 0 aliphatic carbocycles. The Balaban J connectivity index is 1.50. The van der Waals surface area contributed by atoms with E-state index in [0.717, 1.165) is 29.0 Å². The van der Waals surface area contributed by atoms with Crippen LogP contribution in [0.2, 0.25) is 0 Å². The molecular formula is C19H23N3O4. The van der Waals surface area contributed by atoms with Gasteiger partial charge in [0.05, 0.1) is 6.61 Å². The molecule has 0 unspecified atom stereocenters. The standard InChI is InChI=1S/C19H23N3O4/c1-12-4-6-14(7-5-12)21-9-8-15(17(21)23)22-18(24)16(20-19(22)25)13-3-2-10-26-11-13/h4-7,13,15-16H,2-3,8-11H2,1H3,(H,20,25)/t13-,15-,16-/m0/s1. The summed E-state index contributed by atoms with van der Waals surface area (Å²) in [6, 6.07) is 5.91. The normalized spacial score (nSPS) is 29.4. The number of amides is 4. The van der Waals surface area contributed by atoms with Crippen LogP contribution in [-0.2, 0) is 14.3 Å². The number of nitrogens with zero attached hydrogens (tertiary/aromatic N) is 2. The van der Waals surface area contributed by atoms with E-state index in [1.807, 2.05) is 31.2 Å². The van der Waals surface area contributed by atoms with Gasteiger partial charge in [0.15, 0.2) is 0 Å². The second-order valence-corrected chi connectivity index (χ2v) is 7.24. The van der Waals surface area contributed by atoms with Crippen LogP contribution in [0.25, 0.3) is 0 Å². The van der Waals surface area contributed by atoms with Crippen LogP contribution in [0.3, 0.4) is 0 Å². The first kappa shape index (κ1) is 17.0. The van der Waals surface area contributed by atoms with E-state index in [2.05, 4.69) is 5.32 Å². The first-order chi connectivity index (χ1) is 12.6. The molecule has 4 amide bonds. The monoisotopic (exact) mass is 357 g/mol. The molecule has 4 rings (SSSR count). The summed E-state index contributed by atoms with van der Waals surface area (Å²) in [7, 11) is 0. The average molecular weight is 357 g/mol. The molecule has 3 heterocycles. The van der Waals surface area contributed by atoms with Crippen molar-refractivity contribution in [2.24, 2.45) is 5.92 Å². The molecule has 0 saturated carbocycles. The van der Waals surface area contributed by atoms with Crippen molar-refractivity contribution < 1.29 is 19.1 Å². The first-order valence-corrected chi connectivity index (χ1v) is 9.15. The first-order valence-electron chi connectivity index (χ1n) is 9.15. The van der Waals surface area contributed by atoms with Crippen molar-refractivity contribution in [1.29, 1.82) is 0 Å². The number of carbonyl (C=O) groups excluding carboxylic acids is 3. The molecule has 3 atom stereocenters. The molecule has 7 nitrogen and oxygen atoms in total. The van der Waals surface area contributed by atoms with E-state index in [0.29, 0.717) is 26.2 Å². The lowest BCUT2D eigenvalue weighted by atomic mass is 9.93. The molecule has 138 valence electrons. The van der Waals surface area contributed by atoms with E-state index in [1.165, 1.54) is 0 Å². The number of anilines is 1. The number of hydrogen-bond acceptors (Lipinski definition) is 4. The van der Waals surface area contributed by atoms with Gasteiger partial charge in [-0.05, 0) is 38.3 Å². The molecule has 26 heavy (non-hydrogen) atoms. The summed E-state index contributed by atoms with van der Waals surface area (Å²) in [5.41, 5.74) is 1.91. The maximum Gasteiger partial charge on any atom is 0.325 e. The molecule has 3 aliphatic rings. The van der Waals surface area contributed by atoms with Crippen LogP contribution in [0.5, 0.6) is 0 Å². The minimum Gasteiger partial charge on any atom is -0.381 e. The summed E-state index contributed by atoms with van der Waals surface area (Å²) in [6.07, 6.45) is 2.19. The highest BCUT2D eigenvalue weighted by molar-refractivity contribution is 6.10.